The van der Waals surface area contributed by atoms with Crippen molar-refractivity contribution in [3.05, 3.63) is 139 Å². The first kappa shape index (κ1) is 23.4. The Labute approximate surface area is 243 Å². The van der Waals surface area contributed by atoms with Gasteiger partial charge >= 0.3 is 0 Å². The zero-order valence-electron chi connectivity index (χ0n) is 23.3. The first-order valence-corrected chi connectivity index (χ1v) is 14.6. The maximum Gasteiger partial charge on any atom is 0.160 e. The van der Waals surface area contributed by atoms with Gasteiger partial charge in [-0.1, -0.05) is 110 Å². The van der Waals surface area contributed by atoms with Crippen molar-refractivity contribution in [2.45, 2.75) is 13.3 Å². The number of rotatable bonds is 2. The zero-order valence-corrected chi connectivity index (χ0v) is 23.3. The summed E-state index contributed by atoms with van der Waals surface area (Å²) in [5.74, 6) is 0. The van der Waals surface area contributed by atoms with Crippen molar-refractivity contribution in [1.82, 2.24) is 4.57 Å². The monoisotopic (exact) mass is 537 g/mol. The molecule has 0 radical (unpaired) electrons. The van der Waals surface area contributed by atoms with E-state index in [-0.39, 0.29) is 0 Å². The Bertz CT molecular complexity index is 2460. The summed E-state index contributed by atoms with van der Waals surface area (Å²) in [6.45, 7) is 6.60. The number of furan rings is 1. The van der Waals surface area contributed by atoms with Gasteiger partial charge in [-0.3, -0.25) is 0 Å². The van der Waals surface area contributed by atoms with Crippen molar-refractivity contribution < 1.29 is 4.42 Å². The van der Waals surface area contributed by atoms with E-state index in [1.54, 1.807) is 0 Å². The molecule has 0 atom stereocenters. The summed E-state index contributed by atoms with van der Waals surface area (Å²) in [5.41, 5.74) is 12.8. The van der Waals surface area contributed by atoms with Crippen molar-refractivity contribution in [2.75, 3.05) is 0 Å². The second kappa shape index (κ2) is 8.58. The van der Waals surface area contributed by atoms with E-state index in [4.69, 9.17) is 4.42 Å². The molecule has 0 fully saturated rings. The van der Waals surface area contributed by atoms with Crippen LogP contribution in [-0.4, -0.2) is 4.57 Å². The minimum Gasteiger partial charge on any atom is -0.454 e. The van der Waals surface area contributed by atoms with E-state index in [0.717, 1.165) is 39.8 Å². The smallest absolute Gasteiger partial charge is 0.160 e. The lowest BCUT2D eigenvalue weighted by Gasteiger charge is -2.26. The summed E-state index contributed by atoms with van der Waals surface area (Å²) in [6.07, 6.45) is 5.25. The van der Waals surface area contributed by atoms with Crippen LogP contribution in [0.5, 0.6) is 0 Å². The molecule has 8 aromatic rings. The lowest BCUT2D eigenvalue weighted by atomic mass is 9.80. The molecule has 2 heterocycles. The van der Waals surface area contributed by atoms with E-state index < -0.39 is 0 Å². The van der Waals surface area contributed by atoms with Gasteiger partial charge in [-0.2, -0.15) is 0 Å². The second-order valence-corrected chi connectivity index (χ2v) is 11.3. The number of hydrogen-bond acceptors (Lipinski definition) is 1. The largest absolute Gasteiger partial charge is 0.454 e. The highest BCUT2D eigenvalue weighted by Gasteiger charge is 2.26. The van der Waals surface area contributed by atoms with Gasteiger partial charge < -0.3 is 8.98 Å². The topological polar surface area (TPSA) is 18.1 Å². The predicted octanol–water partition coefficient (Wildman–Crippen LogP) is 11.1. The summed E-state index contributed by atoms with van der Waals surface area (Å²) in [4.78, 5) is 0. The summed E-state index contributed by atoms with van der Waals surface area (Å²) >= 11 is 0. The van der Waals surface area contributed by atoms with Crippen molar-refractivity contribution >= 4 is 66.2 Å². The third-order valence-electron chi connectivity index (χ3n) is 9.05. The normalized spacial score (nSPS) is 13.2. The third kappa shape index (κ3) is 2.99. The molecule has 42 heavy (non-hydrogen) atoms. The van der Waals surface area contributed by atoms with E-state index in [0.29, 0.717) is 0 Å². The maximum absolute atomic E-state index is 6.79. The summed E-state index contributed by atoms with van der Waals surface area (Å²) in [7, 11) is 0. The van der Waals surface area contributed by atoms with E-state index in [1.165, 1.54) is 60.3 Å². The number of hydrogen-bond donors (Lipinski definition) is 0. The molecule has 2 aromatic heterocycles. The van der Waals surface area contributed by atoms with Crippen LogP contribution in [0.3, 0.4) is 0 Å². The van der Waals surface area contributed by atoms with Gasteiger partial charge in [0.05, 0.1) is 16.7 Å². The standard InChI is InChI=1S/C40H27NO/c1-3-12-28-33-23-24(2)25-13-4-5-14-26(25)27(33)21-22-35(28)41-34-19-10-8-17-31(34)37-29-15-6-7-16-30(29)38-32-18-9-11-20-36(32)42-40(38)39(37)41/h3-22H,2,23H2,1H3/b12-3-. The van der Waals surface area contributed by atoms with Crippen molar-refractivity contribution in [3.8, 4) is 16.8 Å². The fourth-order valence-electron chi connectivity index (χ4n) is 7.35. The molecule has 2 nitrogen and oxygen atoms in total. The summed E-state index contributed by atoms with van der Waals surface area (Å²) < 4.78 is 9.23. The van der Waals surface area contributed by atoms with Crippen LogP contribution in [0.25, 0.3) is 83.0 Å². The summed E-state index contributed by atoms with van der Waals surface area (Å²) in [6, 6.07) is 39.2. The van der Waals surface area contributed by atoms with Crippen molar-refractivity contribution in [3.63, 3.8) is 0 Å². The highest BCUT2D eigenvalue weighted by molar-refractivity contribution is 6.35. The quantitative estimate of drug-likeness (QED) is 0.214. The number of para-hydroxylation sites is 2. The van der Waals surface area contributed by atoms with Crippen LogP contribution in [0, 0.1) is 0 Å². The van der Waals surface area contributed by atoms with E-state index in [2.05, 4.69) is 139 Å². The average Bonchev–Trinajstić information content (AvgIpc) is 3.59. The molecule has 0 saturated carbocycles. The molecular formula is C40H27NO. The highest BCUT2D eigenvalue weighted by atomic mass is 16.3. The predicted molar refractivity (Wildman–Crippen MR) is 178 cm³/mol. The molecule has 6 aromatic carbocycles. The Morgan fingerprint density at radius 1 is 0.667 bits per heavy atom. The molecule has 1 aliphatic rings. The average molecular weight is 538 g/mol. The molecular weight excluding hydrogens is 510 g/mol. The lowest BCUT2D eigenvalue weighted by Crippen LogP contribution is -2.08. The molecule has 0 bridgehead atoms. The van der Waals surface area contributed by atoms with Gasteiger partial charge in [0.1, 0.15) is 5.58 Å². The Kier molecular flexibility index (Phi) is 4.77. The van der Waals surface area contributed by atoms with Crippen LogP contribution in [-0.2, 0) is 6.42 Å². The fourth-order valence-corrected chi connectivity index (χ4v) is 7.35. The molecule has 0 N–H and O–H groups in total. The number of benzene rings is 6. The minimum absolute atomic E-state index is 0.819. The van der Waals surface area contributed by atoms with Crippen LogP contribution in [0.15, 0.2) is 126 Å². The lowest BCUT2D eigenvalue weighted by molar-refractivity contribution is 0.671. The molecule has 0 aliphatic heterocycles. The fraction of sp³-hybridized carbons (Fsp3) is 0.0500. The molecule has 1 aliphatic carbocycles. The van der Waals surface area contributed by atoms with Gasteiger partial charge in [-0.15, -0.1) is 0 Å². The SMILES string of the molecule is C=C1Cc2c(ccc(-n3c4ccccc4c4c5ccccc5c5c6ccccc6oc5c43)c2/C=C\C)-c2ccccc21. The first-order chi connectivity index (χ1) is 20.7. The maximum atomic E-state index is 6.79. The first-order valence-electron chi connectivity index (χ1n) is 14.6. The third-order valence-corrected chi connectivity index (χ3v) is 9.05. The van der Waals surface area contributed by atoms with Crippen LogP contribution in [0.2, 0.25) is 0 Å². The number of nitrogens with zero attached hydrogens (tertiary/aromatic N) is 1. The molecule has 0 unspecified atom stereocenters. The minimum atomic E-state index is 0.819. The van der Waals surface area contributed by atoms with Gasteiger partial charge in [0.2, 0.25) is 0 Å². The van der Waals surface area contributed by atoms with Crippen molar-refractivity contribution in [1.29, 1.82) is 0 Å². The van der Waals surface area contributed by atoms with Gasteiger partial charge in [0.25, 0.3) is 0 Å². The van der Waals surface area contributed by atoms with Crippen LogP contribution >= 0.6 is 0 Å². The Hall–Kier alpha value is -5.34. The highest BCUT2D eigenvalue weighted by Crippen LogP contribution is 2.47. The van der Waals surface area contributed by atoms with Crippen molar-refractivity contribution in [2.24, 2.45) is 0 Å². The van der Waals surface area contributed by atoms with E-state index in [1.807, 2.05) is 0 Å². The van der Waals surface area contributed by atoms with Gasteiger partial charge in [-0.25, -0.2) is 0 Å². The van der Waals surface area contributed by atoms with Gasteiger partial charge in [0, 0.05) is 27.1 Å². The van der Waals surface area contributed by atoms with E-state index in [9.17, 15) is 0 Å². The van der Waals surface area contributed by atoms with Crippen LogP contribution < -0.4 is 0 Å². The van der Waals surface area contributed by atoms with Gasteiger partial charge in [-0.05, 0) is 70.1 Å². The Morgan fingerprint density at radius 2 is 1.33 bits per heavy atom. The second-order valence-electron chi connectivity index (χ2n) is 11.3. The molecule has 198 valence electrons. The zero-order chi connectivity index (χ0) is 27.9. The number of allylic oxidation sites excluding steroid dienone is 2. The molecule has 2 heteroatoms. The molecule has 9 rings (SSSR count). The van der Waals surface area contributed by atoms with E-state index >= 15 is 0 Å². The Balaban J connectivity index is 1.51. The summed E-state index contributed by atoms with van der Waals surface area (Å²) in [5, 5.41) is 7.24. The molecule has 0 amide bonds. The van der Waals surface area contributed by atoms with Crippen LogP contribution in [0.4, 0.5) is 0 Å². The Morgan fingerprint density at radius 3 is 2.14 bits per heavy atom. The molecule has 0 saturated heterocycles. The number of aromatic nitrogens is 1. The number of fused-ring (bicyclic) bond motifs is 13. The van der Waals surface area contributed by atoms with Crippen LogP contribution in [0.1, 0.15) is 23.6 Å². The van der Waals surface area contributed by atoms with Gasteiger partial charge in [0.15, 0.2) is 5.58 Å². The molecule has 0 spiro atoms.